The Kier molecular flexibility index (Phi) is 9.06. The van der Waals surface area contributed by atoms with E-state index in [2.05, 4.69) is 39.9 Å². The van der Waals surface area contributed by atoms with Crippen molar-refractivity contribution in [2.24, 2.45) is 23.0 Å². The van der Waals surface area contributed by atoms with Crippen molar-refractivity contribution in [2.75, 3.05) is 20.3 Å². The Hall–Kier alpha value is -0.610. The first-order valence-electron chi connectivity index (χ1n) is 7.70. The van der Waals surface area contributed by atoms with Gasteiger partial charge in [0.1, 0.15) is 0 Å². The summed E-state index contributed by atoms with van der Waals surface area (Å²) in [6.45, 7) is 12.1. The van der Waals surface area contributed by atoms with Gasteiger partial charge in [0.05, 0.1) is 12.6 Å². The molecule has 0 aliphatic carbocycles. The Balaban J connectivity index is 4.31. The molecular weight excluding hydrogens is 252 g/mol. The van der Waals surface area contributed by atoms with E-state index in [1.807, 2.05) is 0 Å². The second-order valence-corrected chi connectivity index (χ2v) is 7.05. The predicted octanol–water partition coefficient (Wildman–Crippen LogP) is 2.56. The van der Waals surface area contributed by atoms with Gasteiger partial charge in [-0.3, -0.25) is 4.79 Å². The quantitative estimate of drug-likeness (QED) is 0.684. The third-order valence-electron chi connectivity index (χ3n) is 3.96. The van der Waals surface area contributed by atoms with Crippen LogP contribution in [-0.2, 0) is 9.53 Å². The van der Waals surface area contributed by atoms with Crippen LogP contribution in [0.5, 0.6) is 0 Å². The second kappa shape index (κ2) is 9.35. The van der Waals surface area contributed by atoms with Crippen LogP contribution < -0.4 is 11.1 Å². The molecule has 4 nitrogen and oxygen atoms in total. The molecule has 2 unspecified atom stereocenters. The third kappa shape index (κ3) is 7.85. The number of hydrogen-bond acceptors (Lipinski definition) is 3. The van der Waals surface area contributed by atoms with Crippen LogP contribution in [0.1, 0.15) is 53.9 Å². The summed E-state index contributed by atoms with van der Waals surface area (Å²) >= 11 is 0. The Morgan fingerprint density at radius 2 is 1.85 bits per heavy atom. The van der Waals surface area contributed by atoms with Gasteiger partial charge in [-0.25, -0.2) is 0 Å². The minimum atomic E-state index is 0.0927. The minimum Gasteiger partial charge on any atom is -0.383 e. The van der Waals surface area contributed by atoms with E-state index in [0.29, 0.717) is 31.4 Å². The number of hydrogen-bond donors (Lipinski definition) is 2. The maximum atomic E-state index is 12.1. The second-order valence-electron chi connectivity index (χ2n) is 7.05. The molecule has 0 spiro atoms. The number of carbonyl (C=O) groups excluding carboxylic acids is 1. The first kappa shape index (κ1) is 19.4. The minimum absolute atomic E-state index is 0.0927. The molecule has 0 aromatic rings. The molecule has 0 fully saturated rings. The fourth-order valence-electron chi connectivity index (χ4n) is 2.38. The van der Waals surface area contributed by atoms with Gasteiger partial charge in [-0.2, -0.15) is 0 Å². The van der Waals surface area contributed by atoms with Crippen LogP contribution in [0.3, 0.4) is 0 Å². The number of nitrogens with one attached hydrogen (secondary N) is 1. The molecule has 3 N–H and O–H groups in total. The van der Waals surface area contributed by atoms with Crippen LogP contribution >= 0.6 is 0 Å². The van der Waals surface area contributed by atoms with Gasteiger partial charge in [0, 0.05) is 13.5 Å². The summed E-state index contributed by atoms with van der Waals surface area (Å²) in [6, 6.07) is 0.0927. The SMILES string of the molecule is COCC(NC(=O)CCC(CCN)C(C)(C)C)C(C)C. The molecule has 1 amide bonds. The Labute approximate surface area is 124 Å². The zero-order chi connectivity index (χ0) is 15.8. The van der Waals surface area contributed by atoms with Gasteiger partial charge in [-0.15, -0.1) is 0 Å². The lowest BCUT2D eigenvalue weighted by Gasteiger charge is -2.30. The van der Waals surface area contributed by atoms with E-state index >= 15 is 0 Å². The van der Waals surface area contributed by atoms with E-state index in [-0.39, 0.29) is 17.4 Å². The van der Waals surface area contributed by atoms with Crippen LogP contribution in [0.25, 0.3) is 0 Å². The van der Waals surface area contributed by atoms with Crippen LogP contribution in [0.2, 0.25) is 0 Å². The van der Waals surface area contributed by atoms with Gasteiger partial charge in [0.25, 0.3) is 0 Å². The Morgan fingerprint density at radius 1 is 1.25 bits per heavy atom. The fraction of sp³-hybridized carbons (Fsp3) is 0.938. The molecule has 0 aromatic carbocycles. The molecule has 0 aromatic heterocycles. The largest absolute Gasteiger partial charge is 0.383 e. The van der Waals surface area contributed by atoms with Crippen molar-refractivity contribution in [3.63, 3.8) is 0 Å². The molecule has 4 heteroatoms. The molecule has 0 bridgehead atoms. The first-order chi connectivity index (χ1) is 9.22. The zero-order valence-corrected chi connectivity index (χ0v) is 14.2. The summed E-state index contributed by atoms with van der Waals surface area (Å²) < 4.78 is 5.15. The highest BCUT2D eigenvalue weighted by atomic mass is 16.5. The normalized spacial score (nSPS) is 15.2. The average Bonchev–Trinajstić information content (AvgIpc) is 2.32. The molecule has 0 radical (unpaired) electrons. The van der Waals surface area contributed by atoms with Gasteiger partial charge in [0.15, 0.2) is 0 Å². The van der Waals surface area contributed by atoms with Crippen LogP contribution in [0.4, 0.5) is 0 Å². The molecule has 0 heterocycles. The molecule has 120 valence electrons. The van der Waals surface area contributed by atoms with Gasteiger partial charge >= 0.3 is 0 Å². The van der Waals surface area contributed by atoms with Crippen molar-refractivity contribution in [1.82, 2.24) is 5.32 Å². The van der Waals surface area contributed by atoms with Crippen LogP contribution in [0.15, 0.2) is 0 Å². The molecule has 0 saturated carbocycles. The molecule has 0 aliphatic heterocycles. The number of carbonyl (C=O) groups is 1. The first-order valence-corrected chi connectivity index (χ1v) is 7.70. The highest BCUT2D eigenvalue weighted by molar-refractivity contribution is 5.76. The summed E-state index contributed by atoms with van der Waals surface area (Å²) in [5, 5.41) is 3.07. The van der Waals surface area contributed by atoms with E-state index in [1.54, 1.807) is 7.11 Å². The summed E-state index contributed by atoms with van der Waals surface area (Å²) in [4.78, 5) is 12.1. The van der Waals surface area contributed by atoms with Gasteiger partial charge in [-0.05, 0) is 36.6 Å². The van der Waals surface area contributed by atoms with Gasteiger partial charge < -0.3 is 15.8 Å². The lowest BCUT2D eigenvalue weighted by Crippen LogP contribution is -2.41. The summed E-state index contributed by atoms with van der Waals surface area (Å²) in [6.07, 6.45) is 2.43. The zero-order valence-electron chi connectivity index (χ0n) is 14.2. The van der Waals surface area contributed by atoms with E-state index < -0.39 is 0 Å². The number of ether oxygens (including phenoxy) is 1. The highest BCUT2D eigenvalue weighted by Crippen LogP contribution is 2.32. The standard InChI is InChI=1S/C16H34N2O2/c1-12(2)14(11-20-6)18-15(19)8-7-13(9-10-17)16(3,4)5/h12-14H,7-11,17H2,1-6H3,(H,18,19). The van der Waals surface area contributed by atoms with Gasteiger partial charge in [-0.1, -0.05) is 34.6 Å². The van der Waals surface area contributed by atoms with Crippen LogP contribution in [-0.4, -0.2) is 32.2 Å². The molecule has 0 aliphatic rings. The van der Waals surface area contributed by atoms with E-state index in [1.165, 1.54) is 0 Å². The van der Waals surface area contributed by atoms with Crippen molar-refractivity contribution in [3.8, 4) is 0 Å². The Morgan fingerprint density at radius 3 is 2.25 bits per heavy atom. The van der Waals surface area contributed by atoms with Crippen molar-refractivity contribution in [3.05, 3.63) is 0 Å². The molecule has 2 atom stereocenters. The van der Waals surface area contributed by atoms with Crippen molar-refractivity contribution in [1.29, 1.82) is 0 Å². The number of amides is 1. The number of rotatable bonds is 9. The van der Waals surface area contributed by atoms with Crippen LogP contribution in [0, 0.1) is 17.3 Å². The smallest absolute Gasteiger partial charge is 0.220 e. The van der Waals surface area contributed by atoms with Crippen molar-refractivity contribution >= 4 is 5.91 Å². The van der Waals surface area contributed by atoms with Crippen molar-refractivity contribution < 1.29 is 9.53 Å². The van der Waals surface area contributed by atoms with E-state index in [4.69, 9.17) is 10.5 Å². The molecular formula is C16H34N2O2. The summed E-state index contributed by atoms with van der Waals surface area (Å²) in [5.74, 6) is 0.978. The summed E-state index contributed by atoms with van der Waals surface area (Å²) in [7, 11) is 1.67. The highest BCUT2D eigenvalue weighted by Gasteiger charge is 2.25. The number of methoxy groups -OCH3 is 1. The molecule has 0 saturated heterocycles. The lowest BCUT2D eigenvalue weighted by atomic mass is 9.76. The molecule has 20 heavy (non-hydrogen) atoms. The van der Waals surface area contributed by atoms with E-state index in [9.17, 15) is 4.79 Å². The monoisotopic (exact) mass is 286 g/mol. The predicted molar refractivity (Wildman–Crippen MR) is 84.5 cm³/mol. The lowest BCUT2D eigenvalue weighted by molar-refractivity contribution is -0.123. The summed E-state index contributed by atoms with van der Waals surface area (Å²) in [5.41, 5.74) is 5.87. The Bertz CT molecular complexity index is 272. The van der Waals surface area contributed by atoms with E-state index in [0.717, 1.165) is 12.8 Å². The topological polar surface area (TPSA) is 64.3 Å². The fourth-order valence-corrected chi connectivity index (χ4v) is 2.38. The average molecular weight is 286 g/mol. The number of nitrogens with two attached hydrogens (primary N) is 1. The maximum absolute atomic E-state index is 12.1. The van der Waals surface area contributed by atoms with Gasteiger partial charge in [0.2, 0.25) is 5.91 Å². The third-order valence-corrected chi connectivity index (χ3v) is 3.96. The maximum Gasteiger partial charge on any atom is 0.220 e. The van der Waals surface area contributed by atoms with Crippen molar-refractivity contribution in [2.45, 2.75) is 59.9 Å². The molecule has 0 rings (SSSR count).